The first-order chi connectivity index (χ1) is 7.17. The van der Waals surface area contributed by atoms with E-state index in [9.17, 15) is 4.79 Å². The van der Waals surface area contributed by atoms with Gasteiger partial charge in [0.25, 0.3) is 0 Å². The summed E-state index contributed by atoms with van der Waals surface area (Å²) in [5, 5.41) is 12.6. The first-order valence-electron chi connectivity index (χ1n) is 5.17. The van der Waals surface area contributed by atoms with Gasteiger partial charge in [0.15, 0.2) is 5.82 Å². The van der Waals surface area contributed by atoms with Crippen LogP contribution in [-0.4, -0.2) is 29.7 Å². The Kier molecular flexibility index (Phi) is 4.30. The Morgan fingerprint density at radius 3 is 2.93 bits per heavy atom. The average Bonchev–Trinajstić information content (AvgIpc) is 2.66. The summed E-state index contributed by atoms with van der Waals surface area (Å²) in [6, 6.07) is 1.85. The minimum absolute atomic E-state index is 0.0153. The van der Waals surface area contributed by atoms with Gasteiger partial charge in [0.1, 0.15) is 0 Å². The summed E-state index contributed by atoms with van der Waals surface area (Å²) in [4.78, 5) is 11.6. The van der Waals surface area contributed by atoms with Crippen molar-refractivity contribution >= 4 is 11.7 Å². The third-order valence-electron chi connectivity index (χ3n) is 2.22. The van der Waals surface area contributed by atoms with Crippen LogP contribution in [0.2, 0.25) is 0 Å². The number of carbonyl (C=O) groups excluding carboxylic acids is 1. The molecule has 0 aromatic carbocycles. The van der Waals surface area contributed by atoms with Gasteiger partial charge >= 0.3 is 0 Å². The molecule has 0 saturated carbocycles. The number of hydrogen-bond donors (Lipinski definition) is 3. The van der Waals surface area contributed by atoms with Gasteiger partial charge in [-0.2, -0.15) is 5.10 Å². The van der Waals surface area contributed by atoms with Crippen LogP contribution in [0.3, 0.4) is 0 Å². The molecule has 5 nitrogen and oxygen atoms in total. The average molecular weight is 210 g/mol. The standard InChI is InChI=1S/C10H18N4O/c1-4-8-5-9(14-13-8)12-10(15)7(2)6-11-3/h5,7,11H,4,6H2,1-3H3,(H2,12,13,14,15). The zero-order valence-corrected chi connectivity index (χ0v) is 9.42. The topological polar surface area (TPSA) is 69.8 Å². The second-order valence-electron chi connectivity index (χ2n) is 3.58. The van der Waals surface area contributed by atoms with Crippen LogP contribution in [0.1, 0.15) is 19.5 Å². The Balaban J connectivity index is 2.50. The fraction of sp³-hybridized carbons (Fsp3) is 0.600. The number of aryl methyl sites for hydroxylation is 1. The highest BCUT2D eigenvalue weighted by Gasteiger charge is 2.12. The van der Waals surface area contributed by atoms with E-state index in [1.807, 2.05) is 27.0 Å². The van der Waals surface area contributed by atoms with Crippen LogP contribution in [0.4, 0.5) is 5.82 Å². The number of hydrogen-bond acceptors (Lipinski definition) is 3. The van der Waals surface area contributed by atoms with Crippen molar-refractivity contribution in [3.8, 4) is 0 Å². The molecular weight excluding hydrogens is 192 g/mol. The van der Waals surface area contributed by atoms with Gasteiger partial charge in [0.2, 0.25) is 5.91 Å². The maximum atomic E-state index is 11.6. The number of amides is 1. The number of aromatic amines is 1. The largest absolute Gasteiger partial charge is 0.319 e. The molecular formula is C10H18N4O. The van der Waals surface area contributed by atoms with E-state index < -0.39 is 0 Å². The van der Waals surface area contributed by atoms with Crippen LogP contribution in [0.15, 0.2) is 6.07 Å². The molecule has 0 bridgehead atoms. The monoisotopic (exact) mass is 210 g/mol. The van der Waals surface area contributed by atoms with Crippen LogP contribution in [0.5, 0.6) is 0 Å². The predicted molar refractivity (Wildman–Crippen MR) is 59.7 cm³/mol. The van der Waals surface area contributed by atoms with Gasteiger partial charge in [-0.1, -0.05) is 13.8 Å². The zero-order chi connectivity index (χ0) is 11.3. The van der Waals surface area contributed by atoms with Gasteiger partial charge in [-0.05, 0) is 13.5 Å². The van der Waals surface area contributed by atoms with E-state index in [4.69, 9.17) is 0 Å². The number of rotatable bonds is 5. The minimum atomic E-state index is -0.0585. The highest BCUT2D eigenvalue weighted by atomic mass is 16.1. The molecule has 0 spiro atoms. The van der Waals surface area contributed by atoms with E-state index in [1.165, 1.54) is 0 Å². The summed E-state index contributed by atoms with van der Waals surface area (Å²) in [5.41, 5.74) is 1.02. The van der Waals surface area contributed by atoms with Crippen LogP contribution < -0.4 is 10.6 Å². The molecule has 15 heavy (non-hydrogen) atoms. The Labute approximate surface area is 89.6 Å². The Bertz CT molecular complexity index is 321. The quantitative estimate of drug-likeness (QED) is 0.672. The molecule has 0 aliphatic carbocycles. The third-order valence-corrected chi connectivity index (χ3v) is 2.22. The fourth-order valence-electron chi connectivity index (χ4n) is 1.26. The van der Waals surface area contributed by atoms with Crippen molar-refractivity contribution in [2.75, 3.05) is 18.9 Å². The second-order valence-corrected chi connectivity index (χ2v) is 3.58. The van der Waals surface area contributed by atoms with Gasteiger partial charge in [-0.25, -0.2) is 0 Å². The molecule has 0 fully saturated rings. The SMILES string of the molecule is CCc1cc(NC(=O)C(C)CNC)n[nH]1. The van der Waals surface area contributed by atoms with Crippen LogP contribution in [0.25, 0.3) is 0 Å². The lowest BCUT2D eigenvalue weighted by Gasteiger charge is -2.09. The van der Waals surface area contributed by atoms with E-state index >= 15 is 0 Å². The molecule has 0 radical (unpaired) electrons. The molecule has 1 aromatic rings. The number of aromatic nitrogens is 2. The summed E-state index contributed by atoms with van der Waals surface area (Å²) in [6.07, 6.45) is 0.884. The maximum absolute atomic E-state index is 11.6. The summed E-state index contributed by atoms with van der Waals surface area (Å²) in [7, 11) is 1.83. The molecule has 0 saturated heterocycles. The highest BCUT2D eigenvalue weighted by molar-refractivity contribution is 5.91. The van der Waals surface area contributed by atoms with E-state index in [0.717, 1.165) is 12.1 Å². The van der Waals surface area contributed by atoms with E-state index in [2.05, 4.69) is 20.8 Å². The smallest absolute Gasteiger partial charge is 0.229 e. The van der Waals surface area contributed by atoms with E-state index in [0.29, 0.717) is 12.4 Å². The molecule has 1 heterocycles. The van der Waals surface area contributed by atoms with Crippen LogP contribution in [0, 0.1) is 5.92 Å². The lowest BCUT2D eigenvalue weighted by Crippen LogP contribution is -2.28. The van der Waals surface area contributed by atoms with Crippen molar-refractivity contribution in [1.29, 1.82) is 0 Å². The molecule has 5 heteroatoms. The van der Waals surface area contributed by atoms with Gasteiger partial charge in [0.05, 0.1) is 0 Å². The number of H-pyrrole nitrogens is 1. The Morgan fingerprint density at radius 1 is 1.67 bits per heavy atom. The highest BCUT2D eigenvalue weighted by Crippen LogP contribution is 2.07. The van der Waals surface area contributed by atoms with Crippen molar-refractivity contribution in [3.05, 3.63) is 11.8 Å². The number of nitrogens with zero attached hydrogens (tertiary/aromatic N) is 1. The molecule has 1 atom stereocenters. The lowest BCUT2D eigenvalue weighted by atomic mass is 10.1. The van der Waals surface area contributed by atoms with Crippen molar-refractivity contribution in [3.63, 3.8) is 0 Å². The first-order valence-corrected chi connectivity index (χ1v) is 5.17. The molecule has 1 unspecified atom stereocenters. The Morgan fingerprint density at radius 2 is 2.40 bits per heavy atom. The number of anilines is 1. The summed E-state index contributed by atoms with van der Waals surface area (Å²) in [6.45, 7) is 4.57. The zero-order valence-electron chi connectivity index (χ0n) is 9.42. The van der Waals surface area contributed by atoms with Gasteiger partial charge in [-0.15, -0.1) is 0 Å². The van der Waals surface area contributed by atoms with Crippen LogP contribution in [-0.2, 0) is 11.2 Å². The molecule has 1 aromatic heterocycles. The van der Waals surface area contributed by atoms with E-state index in [-0.39, 0.29) is 11.8 Å². The molecule has 3 N–H and O–H groups in total. The predicted octanol–water partition coefficient (Wildman–Crippen LogP) is 0.766. The summed E-state index contributed by atoms with van der Waals surface area (Å²) >= 11 is 0. The maximum Gasteiger partial charge on any atom is 0.229 e. The first kappa shape index (κ1) is 11.7. The Hall–Kier alpha value is -1.36. The van der Waals surface area contributed by atoms with Crippen molar-refractivity contribution < 1.29 is 4.79 Å². The fourth-order valence-corrected chi connectivity index (χ4v) is 1.26. The van der Waals surface area contributed by atoms with Crippen molar-refractivity contribution in [2.45, 2.75) is 20.3 Å². The number of nitrogens with one attached hydrogen (secondary N) is 3. The van der Waals surface area contributed by atoms with Crippen molar-refractivity contribution in [1.82, 2.24) is 15.5 Å². The molecule has 1 amide bonds. The second kappa shape index (κ2) is 5.50. The van der Waals surface area contributed by atoms with Gasteiger partial charge in [-0.3, -0.25) is 9.89 Å². The summed E-state index contributed by atoms with van der Waals surface area (Å²) < 4.78 is 0. The number of carbonyl (C=O) groups is 1. The van der Waals surface area contributed by atoms with E-state index in [1.54, 1.807) is 0 Å². The molecule has 1 rings (SSSR count). The summed E-state index contributed by atoms with van der Waals surface area (Å²) in [5.74, 6) is 0.523. The minimum Gasteiger partial charge on any atom is -0.319 e. The lowest BCUT2D eigenvalue weighted by molar-refractivity contribution is -0.119. The van der Waals surface area contributed by atoms with Crippen LogP contribution >= 0.6 is 0 Å². The van der Waals surface area contributed by atoms with Gasteiger partial charge in [0, 0.05) is 24.2 Å². The normalized spacial score (nSPS) is 12.5. The molecule has 0 aliphatic rings. The third kappa shape index (κ3) is 3.36. The van der Waals surface area contributed by atoms with Crippen molar-refractivity contribution in [2.24, 2.45) is 5.92 Å². The molecule has 84 valence electrons. The molecule has 0 aliphatic heterocycles. The van der Waals surface area contributed by atoms with Gasteiger partial charge < -0.3 is 10.6 Å².